The molecule has 2 amide bonds. The second-order valence-electron chi connectivity index (χ2n) is 4.90. The van der Waals surface area contributed by atoms with Crippen LogP contribution in [0.25, 0.3) is 0 Å². The van der Waals surface area contributed by atoms with E-state index in [9.17, 15) is 9.59 Å². The average molecular weight is 262 g/mol. The fourth-order valence-corrected chi connectivity index (χ4v) is 1.64. The van der Waals surface area contributed by atoms with Gasteiger partial charge in [0.25, 0.3) is 0 Å². The van der Waals surface area contributed by atoms with Crippen molar-refractivity contribution in [2.24, 2.45) is 5.92 Å². The minimum atomic E-state index is -0.0552. The van der Waals surface area contributed by atoms with Crippen molar-refractivity contribution in [1.82, 2.24) is 10.6 Å². The van der Waals surface area contributed by atoms with Gasteiger partial charge >= 0.3 is 0 Å². The first-order chi connectivity index (χ1) is 9.00. The summed E-state index contributed by atoms with van der Waals surface area (Å²) in [6.07, 6.45) is 0.301. The number of benzene rings is 1. The molecule has 0 radical (unpaired) electrons. The molecule has 0 fully saturated rings. The van der Waals surface area contributed by atoms with E-state index in [4.69, 9.17) is 0 Å². The summed E-state index contributed by atoms with van der Waals surface area (Å²) in [7, 11) is 0. The Balaban J connectivity index is 2.30. The van der Waals surface area contributed by atoms with Crippen molar-refractivity contribution in [2.75, 3.05) is 6.54 Å². The average Bonchev–Trinajstić information content (AvgIpc) is 2.39. The van der Waals surface area contributed by atoms with Crippen molar-refractivity contribution in [3.05, 3.63) is 35.9 Å². The Kier molecular flexibility index (Phi) is 6.06. The summed E-state index contributed by atoms with van der Waals surface area (Å²) in [6, 6.07) is 9.77. The van der Waals surface area contributed by atoms with Gasteiger partial charge in [-0.2, -0.15) is 0 Å². The van der Waals surface area contributed by atoms with E-state index in [1.807, 2.05) is 51.1 Å². The smallest absolute Gasteiger partial charge is 0.222 e. The highest BCUT2D eigenvalue weighted by atomic mass is 16.2. The molecule has 2 N–H and O–H groups in total. The lowest BCUT2D eigenvalue weighted by Gasteiger charge is -2.14. The summed E-state index contributed by atoms with van der Waals surface area (Å²) in [4.78, 5) is 23.0. The van der Waals surface area contributed by atoms with Gasteiger partial charge < -0.3 is 10.6 Å². The zero-order valence-corrected chi connectivity index (χ0v) is 11.8. The quantitative estimate of drug-likeness (QED) is 0.824. The van der Waals surface area contributed by atoms with Gasteiger partial charge in [-0.3, -0.25) is 9.59 Å². The van der Waals surface area contributed by atoms with Gasteiger partial charge in [0.15, 0.2) is 0 Å². The molecule has 19 heavy (non-hydrogen) atoms. The predicted molar refractivity (Wildman–Crippen MR) is 75.5 cm³/mol. The van der Waals surface area contributed by atoms with Gasteiger partial charge in [-0.25, -0.2) is 0 Å². The van der Waals surface area contributed by atoms with Crippen molar-refractivity contribution in [2.45, 2.75) is 33.2 Å². The standard InChI is InChI=1S/C15H22N2O2/c1-11(2)15(19)16-10-9-14(18)17-12(3)13-7-5-4-6-8-13/h4-8,11-12H,9-10H2,1-3H3,(H,16,19)(H,17,18). The van der Waals surface area contributed by atoms with E-state index in [2.05, 4.69) is 10.6 Å². The maximum absolute atomic E-state index is 11.7. The maximum atomic E-state index is 11.7. The third-order valence-electron chi connectivity index (χ3n) is 2.85. The van der Waals surface area contributed by atoms with Crippen LogP contribution in [0, 0.1) is 5.92 Å². The minimum absolute atomic E-state index is 0.0190. The van der Waals surface area contributed by atoms with E-state index in [0.717, 1.165) is 5.56 Å². The zero-order valence-electron chi connectivity index (χ0n) is 11.8. The van der Waals surface area contributed by atoms with Gasteiger partial charge in [-0.15, -0.1) is 0 Å². The van der Waals surface area contributed by atoms with Crippen LogP contribution in [-0.2, 0) is 9.59 Å². The Labute approximate surface area is 114 Å². The topological polar surface area (TPSA) is 58.2 Å². The number of hydrogen-bond donors (Lipinski definition) is 2. The molecule has 1 atom stereocenters. The van der Waals surface area contributed by atoms with Gasteiger partial charge in [0.1, 0.15) is 0 Å². The number of hydrogen-bond acceptors (Lipinski definition) is 2. The van der Waals surface area contributed by atoms with Crippen LogP contribution in [0.1, 0.15) is 38.8 Å². The largest absolute Gasteiger partial charge is 0.355 e. The lowest BCUT2D eigenvalue weighted by molar-refractivity contribution is -0.124. The fraction of sp³-hybridized carbons (Fsp3) is 0.467. The van der Waals surface area contributed by atoms with E-state index in [0.29, 0.717) is 13.0 Å². The second-order valence-corrected chi connectivity index (χ2v) is 4.90. The van der Waals surface area contributed by atoms with E-state index in [-0.39, 0.29) is 23.8 Å². The molecule has 0 bridgehead atoms. The highest BCUT2D eigenvalue weighted by Gasteiger charge is 2.10. The molecule has 1 rings (SSSR count). The number of rotatable bonds is 6. The normalized spacial score (nSPS) is 12.0. The van der Waals surface area contributed by atoms with Gasteiger partial charge in [0.2, 0.25) is 11.8 Å². The zero-order chi connectivity index (χ0) is 14.3. The fourth-order valence-electron chi connectivity index (χ4n) is 1.64. The van der Waals surface area contributed by atoms with Crippen LogP contribution in [-0.4, -0.2) is 18.4 Å². The van der Waals surface area contributed by atoms with Crippen LogP contribution in [0.15, 0.2) is 30.3 Å². The molecule has 0 aliphatic rings. The minimum Gasteiger partial charge on any atom is -0.355 e. The number of nitrogens with one attached hydrogen (secondary N) is 2. The molecule has 1 unspecified atom stereocenters. The third kappa shape index (κ3) is 5.55. The van der Waals surface area contributed by atoms with Crippen molar-refractivity contribution in [1.29, 1.82) is 0 Å². The van der Waals surface area contributed by atoms with E-state index in [1.54, 1.807) is 0 Å². The third-order valence-corrected chi connectivity index (χ3v) is 2.85. The van der Waals surface area contributed by atoms with Crippen LogP contribution in [0.2, 0.25) is 0 Å². The van der Waals surface area contributed by atoms with Crippen LogP contribution in [0.5, 0.6) is 0 Å². The molecule has 1 aromatic rings. The van der Waals surface area contributed by atoms with Crippen LogP contribution in [0.4, 0.5) is 0 Å². The lowest BCUT2D eigenvalue weighted by atomic mass is 10.1. The number of amides is 2. The van der Waals surface area contributed by atoms with Gasteiger partial charge in [0.05, 0.1) is 6.04 Å². The van der Waals surface area contributed by atoms with Gasteiger partial charge in [-0.05, 0) is 12.5 Å². The number of carbonyl (C=O) groups is 2. The molecule has 0 aliphatic carbocycles. The molecule has 0 aliphatic heterocycles. The van der Waals surface area contributed by atoms with Crippen molar-refractivity contribution in [3.63, 3.8) is 0 Å². The van der Waals surface area contributed by atoms with Crippen LogP contribution in [0.3, 0.4) is 0 Å². The molecule has 0 spiro atoms. The van der Waals surface area contributed by atoms with E-state index < -0.39 is 0 Å². The molecular weight excluding hydrogens is 240 g/mol. The van der Waals surface area contributed by atoms with E-state index >= 15 is 0 Å². The Morgan fingerprint density at radius 1 is 1.11 bits per heavy atom. The molecular formula is C15H22N2O2. The molecule has 4 heteroatoms. The highest BCUT2D eigenvalue weighted by Crippen LogP contribution is 2.10. The first kappa shape index (κ1) is 15.2. The Morgan fingerprint density at radius 3 is 2.32 bits per heavy atom. The molecule has 0 heterocycles. The first-order valence-corrected chi connectivity index (χ1v) is 6.62. The summed E-state index contributed by atoms with van der Waals surface area (Å²) in [5.74, 6) is -0.129. The van der Waals surface area contributed by atoms with Crippen molar-refractivity contribution < 1.29 is 9.59 Å². The Hall–Kier alpha value is -1.84. The summed E-state index contributed by atoms with van der Waals surface area (Å²) >= 11 is 0. The van der Waals surface area contributed by atoms with Crippen molar-refractivity contribution >= 4 is 11.8 Å². The monoisotopic (exact) mass is 262 g/mol. The predicted octanol–water partition coefficient (Wildman–Crippen LogP) is 2.03. The molecule has 104 valence electrons. The molecule has 4 nitrogen and oxygen atoms in total. The maximum Gasteiger partial charge on any atom is 0.222 e. The first-order valence-electron chi connectivity index (χ1n) is 6.62. The molecule has 0 saturated carbocycles. The Bertz CT molecular complexity index is 415. The Morgan fingerprint density at radius 2 is 1.74 bits per heavy atom. The number of carbonyl (C=O) groups excluding carboxylic acids is 2. The summed E-state index contributed by atoms with van der Waals surface area (Å²) < 4.78 is 0. The van der Waals surface area contributed by atoms with Crippen LogP contribution >= 0.6 is 0 Å². The summed E-state index contributed by atoms with van der Waals surface area (Å²) in [5, 5.41) is 5.64. The SMILES string of the molecule is CC(C)C(=O)NCCC(=O)NC(C)c1ccccc1. The second kappa shape index (κ2) is 7.56. The van der Waals surface area contributed by atoms with Crippen LogP contribution < -0.4 is 10.6 Å². The molecule has 1 aromatic carbocycles. The molecule has 0 aromatic heterocycles. The van der Waals surface area contributed by atoms with E-state index in [1.165, 1.54) is 0 Å². The van der Waals surface area contributed by atoms with Gasteiger partial charge in [-0.1, -0.05) is 44.2 Å². The van der Waals surface area contributed by atoms with Gasteiger partial charge in [0, 0.05) is 18.9 Å². The highest BCUT2D eigenvalue weighted by molar-refractivity contribution is 5.80. The van der Waals surface area contributed by atoms with Crippen molar-refractivity contribution in [3.8, 4) is 0 Å². The summed E-state index contributed by atoms with van der Waals surface area (Å²) in [5.41, 5.74) is 1.07. The lowest BCUT2D eigenvalue weighted by Crippen LogP contribution is -2.33. The molecule has 0 saturated heterocycles. The summed E-state index contributed by atoms with van der Waals surface area (Å²) in [6.45, 7) is 5.98.